The van der Waals surface area contributed by atoms with Crippen LogP contribution in [-0.4, -0.2) is 35.0 Å². The number of amides is 1. The molecule has 1 amide bonds. The molecule has 1 atom stereocenters. The summed E-state index contributed by atoms with van der Waals surface area (Å²) >= 11 is 1.57. The first-order valence-electron chi connectivity index (χ1n) is 11.2. The smallest absolute Gasteiger partial charge is 0.326 e. The third-order valence-electron chi connectivity index (χ3n) is 5.75. The number of nitrogens with one attached hydrogen (secondary N) is 1. The van der Waals surface area contributed by atoms with Gasteiger partial charge in [0.15, 0.2) is 0 Å². The Morgan fingerprint density at radius 1 is 0.909 bits per heavy atom. The molecule has 3 aromatic carbocycles. The van der Waals surface area contributed by atoms with Crippen LogP contribution in [0.15, 0.2) is 72.8 Å². The van der Waals surface area contributed by atoms with Gasteiger partial charge in [-0.25, -0.2) is 4.79 Å². The van der Waals surface area contributed by atoms with E-state index in [9.17, 15) is 14.7 Å². The highest BCUT2D eigenvalue weighted by molar-refractivity contribution is 7.98. The van der Waals surface area contributed by atoms with E-state index in [0.717, 1.165) is 41.5 Å². The Morgan fingerprint density at radius 2 is 1.61 bits per heavy atom. The molecule has 0 aliphatic heterocycles. The van der Waals surface area contributed by atoms with Gasteiger partial charge in [-0.1, -0.05) is 66.7 Å². The van der Waals surface area contributed by atoms with E-state index in [2.05, 4.69) is 35.6 Å². The molecular weight excluding hydrogens is 430 g/mol. The molecule has 3 rings (SSSR count). The number of carbonyl (C=O) groups is 2. The highest BCUT2D eigenvalue weighted by atomic mass is 32.2. The van der Waals surface area contributed by atoms with Gasteiger partial charge in [0.2, 0.25) is 0 Å². The van der Waals surface area contributed by atoms with Crippen molar-refractivity contribution in [2.75, 3.05) is 12.0 Å². The molecule has 2 N–H and O–H groups in total. The first kappa shape index (κ1) is 24.6. The molecule has 0 aliphatic rings. The lowest BCUT2D eigenvalue weighted by Gasteiger charge is -2.17. The number of carbonyl (C=O) groups excluding carboxylic acids is 1. The van der Waals surface area contributed by atoms with Crippen LogP contribution in [0.5, 0.6) is 0 Å². The highest BCUT2D eigenvalue weighted by Gasteiger charge is 2.22. The Morgan fingerprint density at radius 3 is 2.30 bits per heavy atom. The molecule has 0 spiro atoms. The maximum Gasteiger partial charge on any atom is 0.326 e. The van der Waals surface area contributed by atoms with E-state index >= 15 is 0 Å². The number of thioether (sulfide) groups is 1. The van der Waals surface area contributed by atoms with Crippen molar-refractivity contribution in [3.05, 3.63) is 95.1 Å². The fraction of sp³-hybridized carbons (Fsp3) is 0.286. The van der Waals surface area contributed by atoms with Gasteiger partial charge < -0.3 is 10.4 Å². The highest BCUT2D eigenvalue weighted by Crippen LogP contribution is 2.29. The molecule has 0 unspecified atom stereocenters. The van der Waals surface area contributed by atoms with E-state index in [-0.39, 0.29) is 5.91 Å². The van der Waals surface area contributed by atoms with Crippen LogP contribution in [0.2, 0.25) is 0 Å². The van der Waals surface area contributed by atoms with Crippen LogP contribution in [-0.2, 0) is 17.6 Å². The predicted octanol–water partition coefficient (Wildman–Crippen LogP) is 5.77. The van der Waals surface area contributed by atoms with Crippen molar-refractivity contribution in [2.24, 2.45) is 0 Å². The molecule has 0 aliphatic carbocycles. The van der Waals surface area contributed by atoms with Gasteiger partial charge in [-0.15, -0.1) is 0 Å². The average molecular weight is 462 g/mol. The van der Waals surface area contributed by atoms with Crippen molar-refractivity contribution < 1.29 is 14.7 Å². The lowest BCUT2D eigenvalue weighted by atomic mass is 9.92. The van der Waals surface area contributed by atoms with E-state index in [1.54, 1.807) is 11.8 Å². The number of hydrogen-bond acceptors (Lipinski definition) is 3. The zero-order valence-corrected chi connectivity index (χ0v) is 20.0. The third kappa shape index (κ3) is 6.96. The average Bonchev–Trinajstić information content (AvgIpc) is 2.82. The van der Waals surface area contributed by atoms with Gasteiger partial charge in [-0.05, 0) is 78.5 Å². The van der Waals surface area contributed by atoms with E-state index in [1.165, 1.54) is 5.56 Å². The zero-order valence-electron chi connectivity index (χ0n) is 19.2. The summed E-state index contributed by atoms with van der Waals surface area (Å²) in [6.07, 6.45) is 5.23. The fourth-order valence-corrected chi connectivity index (χ4v) is 4.38. The number of rotatable bonds is 11. The number of benzene rings is 3. The second-order valence-electron chi connectivity index (χ2n) is 8.18. The van der Waals surface area contributed by atoms with E-state index < -0.39 is 12.0 Å². The summed E-state index contributed by atoms with van der Waals surface area (Å²) < 4.78 is 0. The molecule has 0 radical (unpaired) electrons. The first-order valence-corrected chi connectivity index (χ1v) is 12.6. The number of aryl methyl sites for hydroxylation is 3. The minimum Gasteiger partial charge on any atom is -0.480 e. The molecule has 0 aromatic heterocycles. The second kappa shape index (κ2) is 12.3. The largest absolute Gasteiger partial charge is 0.480 e. The summed E-state index contributed by atoms with van der Waals surface area (Å²) in [5.74, 6) is -0.688. The molecule has 0 bridgehead atoms. The maximum atomic E-state index is 13.2. The third-order valence-corrected chi connectivity index (χ3v) is 6.40. The number of hydrogen-bond donors (Lipinski definition) is 2. The second-order valence-corrected chi connectivity index (χ2v) is 9.17. The molecule has 172 valence electrons. The zero-order chi connectivity index (χ0) is 23.6. The van der Waals surface area contributed by atoms with Crippen LogP contribution in [0.4, 0.5) is 0 Å². The van der Waals surface area contributed by atoms with Crippen LogP contribution < -0.4 is 5.32 Å². The summed E-state index contributed by atoms with van der Waals surface area (Å²) in [5, 5.41) is 12.3. The van der Waals surface area contributed by atoms with Crippen molar-refractivity contribution in [3.63, 3.8) is 0 Å². The van der Waals surface area contributed by atoms with Crippen molar-refractivity contribution in [2.45, 2.75) is 38.6 Å². The molecule has 0 saturated heterocycles. The lowest BCUT2D eigenvalue weighted by Crippen LogP contribution is -2.41. The van der Waals surface area contributed by atoms with E-state index in [0.29, 0.717) is 17.7 Å². The summed E-state index contributed by atoms with van der Waals surface area (Å²) in [6.45, 7) is 2.03. The summed E-state index contributed by atoms with van der Waals surface area (Å²) in [6, 6.07) is 23.4. The van der Waals surface area contributed by atoms with Gasteiger partial charge in [0.25, 0.3) is 5.91 Å². The van der Waals surface area contributed by atoms with Gasteiger partial charge in [0.05, 0.1) is 0 Å². The molecule has 0 fully saturated rings. The topological polar surface area (TPSA) is 66.4 Å². The molecular formula is C28H31NO3S. The van der Waals surface area contributed by atoms with Crippen molar-refractivity contribution >= 4 is 23.6 Å². The Bertz CT molecular complexity index is 1080. The van der Waals surface area contributed by atoms with Gasteiger partial charge in [0.1, 0.15) is 6.04 Å². The minimum atomic E-state index is -1.01. The van der Waals surface area contributed by atoms with Crippen molar-refractivity contribution in [1.82, 2.24) is 5.32 Å². The minimum absolute atomic E-state index is 0.349. The number of carboxylic acids is 1. The standard InChI is InChI=1S/C28H31NO3S/c1-20-9-6-7-14-23(20)25-19-22(13-8-12-21-10-4-3-5-11-21)15-16-24(25)27(30)29-26(28(31)32)17-18-33-2/h3-7,9-11,14-16,19,26H,8,12-13,17-18H2,1-2H3,(H,29,30)(H,31,32)/t26-/m0/s1. The Labute approximate surface area is 200 Å². The fourth-order valence-electron chi connectivity index (χ4n) is 3.91. The van der Waals surface area contributed by atoms with Crippen LogP contribution in [0.3, 0.4) is 0 Å². The van der Waals surface area contributed by atoms with Crippen LogP contribution in [0.25, 0.3) is 11.1 Å². The first-order chi connectivity index (χ1) is 16.0. The quantitative estimate of drug-likeness (QED) is 0.380. The SMILES string of the molecule is CSCC[C@H](NC(=O)c1ccc(CCCc2ccccc2)cc1-c1ccccc1C)C(=O)O. The van der Waals surface area contributed by atoms with Gasteiger partial charge in [-0.2, -0.15) is 11.8 Å². The Kier molecular flexibility index (Phi) is 9.14. The normalized spacial score (nSPS) is 11.7. The van der Waals surface area contributed by atoms with Crippen molar-refractivity contribution in [3.8, 4) is 11.1 Å². The molecule has 0 heterocycles. The molecule has 0 saturated carbocycles. The Balaban J connectivity index is 1.85. The van der Waals surface area contributed by atoms with Gasteiger partial charge >= 0.3 is 5.97 Å². The summed E-state index contributed by atoms with van der Waals surface area (Å²) in [5.41, 5.74) is 5.90. The number of aliphatic carboxylic acids is 1. The van der Waals surface area contributed by atoms with E-state index in [4.69, 9.17) is 0 Å². The maximum absolute atomic E-state index is 13.2. The molecule has 5 heteroatoms. The predicted molar refractivity (Wildman–Crippen MR) is 137 cm³/mol. The van der Waals surface area contributed by atoms with Crippen LogP contribution in [0.1, 0.15) is 39.9 Å². The monoisotopic (exact) mass is 461 g/mol. The van der Waals surface area contributed by atoms with Crippen LogP contribution >= 0.6 is 11.8 Å². The lowest BCUT2D eigenvalue weighted by molar-refractivity contribution is -0.139. The van der Waals surface area contributed by atoms with Crippen molar-refractivity contribution in [1.29, 1.82) is 0 Å². The number of carboxylic acid groups (broad SMARTS) is 1. The summed E-state index contributed by atoms with van der Waals surface area (Å²) in [4.78, 5) is 24.8. The molecule has 33 heavy (non-hydrogen) atoms. The van der Waals surface area contributed by atoms with Gasteiger partial charge in [-0.3, -0.25) is 4.79 Å². The Hall–Kier alpha value is -3.05. The van der Waals surface area contributed by atoms with Crippen LogP contribution in [0, 0.1) is 6.92 Å². The van der Waals surface area contributed by atoms with E-state index in [1.807, 2.05) is 55.6 Å². The van der Waals surface area contributed by atoms with Gasteiger partial charge in [0, 0.05) is 5.56 Å². The molecule has 4 nitrogen and oxygen atoms in total. The molecule has 3 aromatic rings. The summed E-state index contributed by atoms with van der Waals surface area (Å²) in [7, 11) is 0.